The number of aryl methyl sites for hydroxylation is 1. The average molecular weight is 344 g/mol. The van der Waals surface area contributed by atoms with Crippen molar-refractivity contribution in [2.24, 2.45) is 0 Å². The smallest absolute Gasteiger partial charge is 0.304 e. The Labute approximate surface area is 131 Å². The van der Waals surface area contributed by atoms with Gasteiger partial charge in [0.05, 0.1) is 10.6 Å². The Morgan fingerprint density at radius 3 is 2.68 bits per heavy atom. The molecule has 0 bridgehead atoms. The van der Waals surface area contributed by atoms with E-state index >= 15 is 0 Å². The zero-order valence-electron chi connectivity index (χ0n) is 12.3. The number of aromatic amines is 1. The Morgan fingerprint density at radius 2 is 2.18 bits per heavy atom. The normalized spacial score (nSPS) is 13.0. The van der Waals surface area contributed by atoms with Gasteiger partial charge in [-0.15, -0.1) is 0 Å². The first kappa shape index (κ1) is 16.4. The molecule has 0 spiro atoms. The molecule has 0 radical (unpaired) electrons. The fourth-order valence-corrected chi connectivity index (χ4v) is 4.00. The van der Waals surface area contributed by atoms with Crippen molar-refractivity contribution in [2.75, 3.05) is 11.6 Å². The minimum absolute atomic E-state index is 0.0236. The van der Waals surface area contributed by atoms with Crippen molar-refractivity contribution in [2.45, 2.75) is 30.5 Å². The fourth-order valence-electron chi connectivity index (χ4n) is 1.95. The third kappa shape index (κ3) is 3.83. The van der Waals surface area contributed by atoms with Gasteiger partial charge < -0.3 is 5.32 Å². The monoisotopic (exact) mass is 344 g/mol. The highest BCUT2D eigenvalue weighted by molar-refractivity contribution is 7.92. The molecule has 0 aromatic carbocycles. The van der Waals surface area contributed by atoms with E-state index in [2.05, 4.69) is 15.5 Å². The highest BCUT2D eigenvalue weighted by Crippen LogP contribution is 2.37. The molecule has 10 heteroatoms. The quantitative estimate of drug-likeness (QED) is 0.612. The SMILES string of the molecule is Cc1cc(CC(C)Nc2sc(S(C)(=O)=O)cc2[N+](=O)[O-])n[nH]1. The van der Waals surface area contributed by atoms with E-state index in [1.165, 1.54) is 0 Å². The predicted molar refractivity (Wildman–Crippen MR) is 84.2 cm³/mol. The van der Waals surface area contributed by atoms with Gasteiger partial charge in [0.1, 0.15) is 4.21 Å². The lowest BCUT2D eigenvalue weighted by molar-refractivity contribution is -0.383. The second kappa shape index (κ2) is 6.05. The Bertz CT molecular complexity index is 794. The van der Waals surface area contributed by atoms with E-state index in [4.69, 9.17) is 0 Å². The number of anilines is 1. The van der Waals surface area contributed by atoms with Crippen LogP contribution in [0.2, 0.25) is 0 Å². The van der Waals surface area contributed by atoms with Gasteiger partial charge in [0.25, 0.3) is 0 Å². The molecule has 22 heavy (non-hydrogen) atoms. The van der Waals surface area contributed by atoms with Crippen molar-refractivity contribution in [3.63, 3.8) is 0 Å². The maximum Gasteiger partial charge on any atom is 0.304 e. The number of H-pyrrole nitrogens is 1. The van der Waals surface area contributed by atoms with Crippen molar-refractivity contribution < 1.29 is 13.3 Å². The van der Waals surface area contributed by atoms with Gasteiger partial charge in [0.2, 0.25) is 0 Å². The van der Waals surface area contributed by atoms with Gasteiger partial charge in [-0.1, -0.05) is 11.3 Å². The Morgan fingerprint density at radius 1 is 1.50 bits per heavy atom. The second-order valence-corrected chi connectivity index (χ2v) is 8.40. The summed E-state index contributed by atoms with van der Waals surface area (Å²) in [5.41, 5.74) is 1.54. The zero-order valence-corrected chi connectivity index (χ0v) is 13.9. The first-order valence-corrected chi connectivity index (χ1v) is 9.13. The van der Waals surface area contributed by atoms with Crippen LogP contribution in [0.1, 0.15) is 18.3 Å². The lowest BCUT2D eigenvalue weighted by Crippen LogP contribution is -2.18. The third-order valence-electron chi connectivity index (χ3n) is 2.90. The van der Waals surface area contributed by atoms with E-state index in [0.29, 0.717) is 6.42 Å². The van der Waals surface area contributed by atoms with E-state index < -0.39 is 14.8 Å². The largest absolute Gasteiger partial charge is 0.368 e. The van der Waals surface area contributed by atoms with Gasteiger partial charge in [-0.3, -0.25) is 15.2 Å². The van der Waals surface area contributed by atoms with Crippen LogP contribution < -0.4 is 5.32 Å². The van der Waals surface area contributed by atoms with Gasteiger partial charge in [0.15, 0.2) is 14.8 Å². The van der Waals surface area contributed by atoms with Crippen LogP contribution in [0.25, 0.3) is 0 Å². The second-order valence-electron chi connectivity index (χ2n) is 5.10. The predicted octanol–water partition coefficient (Wildman–Crippen LogP) is 2.13. The number of aromatic nitrogens is 2. The molecule has 0 saturated carbocycles. The molecule has 1 atom stereocenters. The van der Waals surface area contributed by atoms with Crippen LogP contribution in [-0.2, 0) is 16.3 Å². The summed E-state index contributed by atoms with van der Waals surface area (Å²) < 4.78 is 23.1. The van der Waals surface area contributed by atoms with Gasteiger partial charge >= 0.3 is 5.69 Å². The summed E-state index contributed by atoms with van der Waals surface area (Å²) in [4.78, 5) is 10.5. The molecular formula is C12H16N4O4S2. The van der Waals surface area contributed by atoms with E-state index in [0.717, 1.165) is 35.0 Å². The summed E-state index contributed by atoms with van der Waals surface area (Å²) >= 11 is 0.870. The lowest BCUT2D eigenvalue weighted by atomic mass is 10.2. The summed E-state index contributed by atoms with van der Waals surface area (Å²) in [7, 11) is -3.47. The number of sulfone groups is 1. The Balaban J connectivity index is 2.20. The van der Waals surface area contributed by atoms with Gasteiger partial charge in [-0.25, -0.2) is 8.42 Å². The highest BCUT2D eigenvalue weighted by Gasteiger charge is 2.24. The van der Waals surface area contributed by atoms with Crippen molar-refractivity contribution >= 4 is 31.9 Å². The summed E-state index contributed by atoms with van der Waals surface area (Å²) in [5.74, 6) is 0. The maximum absolute atomic E-state index is 11.5. The van der Waals surface area contributed by atoms with E-state index in [1.807, 2.05) is 19.9 Å². The molecule has 2 aromatic heterocycles. The molecule has 2 rings (SSSR count). The minimum Gasteiger partial charge on any atom is -0.368 e. The standard InChI is InChI=1S/C12H16N4O4S2/c1-7(4-9-5-8(2)14-15-9)13-12-10(16(17)18)6-11(21-12)22(3,19)20/h5-7,13H,4H2,1-3H3,(H,14,15). The number of nitrogens with zero attached hydrogens (tertiary/aromatic N) is 2. The molecule has 0 amide bonds. The summed E-state index contributed by atoms with van der Waals surface area (Å²) in [5, 5.41) is 21.2. The van der Waals surface area contributed by atoms with Crippen molar-refractivity contribution in [3.05, 3.63) is 33.6 Å². The van der Waals surface area contributed by atoms with Crippen LogP contribution >= 0.6 is 11.3 Å². The Hall–Kier alpha value is -1.94. The van der Waals surface area contributed by atoms with E-state index in [1.54, 1.807) is 0 Å². The molecule has 2 heterocycles. The molecule has 0 aliphatic carbocycles. The summed E-state index contributed by atoms with van der Waals surface area (Å²) in [6.07, 6.45) is 1.59. The number of nitro groups is 1. The Kier molecular flexibility index (Phi) is 4.52. The molecule has 2 N–H and O–H groups in total. The first-order valence-electron chi connectivity index (χ1n) is 6.42. The van der Waals surface area contributed by atoms with Crippen LogP contribution in [0.3, 0.4) is 0 Å². The fraction of sp³-hybridized carbons (Fsp3) is 0.417. The average Bonchev–Trinajstić information content (AvgIpc) is 2.95. The topological polar surface area (TPSA) is 118 Å². The molecule has 1 unspecified atom stereocenters. The molecule has 0 fully saturated rings. The van der Waals surface area contributed by atoms with Crippen molar-refractivity contribution in [3.8, 4) is 0 Å². The van der Waals surface area contributed by atoms with Gasteiger partial charge in [-0.05, 0) is 19.9 Å². The van der Waals surface area contributed by atoms with Gasteiger partial charge in [0, 0.05) is 30.5 Å². The van der Waals surface area contributed by atoms with E-state index in [-0.39, 0.29) is 20.9 Å². The summed E-state index contributed by atoms with van der Waals surface area (Å²) in [6, 6.07) is 2.85. The number of nitrogens with one attached hydrogen (secondary N) is 2. The molecule has 0 aliphatic heterocycles. The third-order valence-corrected chi connectivity index (χ3v) is 5.76. The van der Waals surface area contributed by atoms with Crippen LogP contribution in [0.15, 0.2) is 16.3 Å². The van der Waals surface area contributed by atoms with Crippen LogP contribution in [-0.4, -0.2) is 35.8 Å². The molecule has 120 valence electrons. The van der Waals surface area contributed by atoms with Crippen molar-refractivity contribution in [1.82, 2.24) is 10.2 Å². The number of thiophene rings is 1. The summed E-state index contributed by atoms with van der Waals surface area (Å²) in [6.45, 7) is 3.74. The molecule has 0 aliphatic rings. The molecule has 8 nitrogen and oxygen atoms in total. The molecule has 0 saturated heterocycles. The van der Waals surface area contributed by atoms with Gasteiger partial charge in [-0.2, -0.15) is 5.10 Å². The first-order chi connectivity index (χ1) is 10.2. The van der Waals surface area contributed by atoms with Crippen LogP contribution in [0.4, 0.5) is 10.7 Å². The minimum atomic E-state index is -3.47. The van der Waals surface area contributed by atoms with E-state index in [9.17, 15) is 18.5 Å². The van der Waals surface area contributed by atoms with Crippen molar-refractivity contribution in [1.29, 1.82) is 0 Å². The number of rotatable bonds is 6. The highest BCUT2D eigenvalue weighted by atomic mass is 32.2. The number of hydrogen-bond acceptors (Lipinski definition) is 7. The number of hydrogen-bond donors (Lipinski definition) is 2. The molecule has 2 aromatic rings. The molecular weight excluding hydrogens is 328 g/mol. The zero-order chi connectivity index (χ0) is 16.5. The lowest BCUT2D eigenvalue weighted by Gasteiger charge is -2.11. The maximum atomic E-state index is 11.5. The van der Waals surface area contributed by atoms with Crippen LogP contribution in [0, 0.1) is 17.0 Å². The van der Waals surface area contributed by atoms with Crippen LogP contribution in [0.5, 0.6) is 0 Å².